The van der Waals surface area contributed by atoms with Gasteiger partial charge < -0.3 is 4.90 Å². The standard InChI is InChI=1S/C9H9F4N/c1-14(6-9(11,12)13)8-4-2-7(10)3-5-8/h2-5H,6H2,1H3. The molecule has 0 aliphatic carbocycles. The number of rotatable bonds is 2. The number of benzene rings is 1. The monoisotopic (exact) mass is 207 g/mol. The number of hydrogen-bond donors (Lipinski definition) is 0. The Hall–Kier alpha value is -1.26. The van der Waals surface area contributed by atoms with Crippen molar-refractivity contribution >= 4 is 5.69 Å². The van der Waals surface area contributed by atoms with Gasteiger partial charge in [0.2, 0.25) is 0 Å². The summed E-state index contributed by atoms with van der Waals surface area (Å²) < 4.78 is 48.3. The Morgan fingerprint density at radius 3 is 2.07 bits per heavy atom. The van der Waals surface area contributed by atoms with Gasteiger partial charge in [-0.1, -0.05) is 0 Å². The summed E-state index contributed by atoms with van der Waals surface area (Å²) >= 11 is 0. The van der Waals surface area contributed by atoms with Gasteiger partial charge in [0.15, 0.2) is 0 Å². The molecule has 0 aromatic heterocycles. The molecule has 0 N–H and O–H groups in total. The van der Waals surface area contributed by atoms with Crippen LogP contribution in [0.4, 0.5) is 23.2 Å². The predicted molar refractivity (Wildman–Crippen MR) is 45.7 cm³/mol. The van der Waals surface area contributed by atoms with Crippen molar-refractivity contribution in [1.29, 1.82) is 0 Å². The lowest BCUT2D eigenvalue weighted by atomic mass is 10.3. The molecule has 0 aliphatic heterocycles. The first kappa shape index (κ1) is 10.8. The fraction of sp³-hybridized carbons (Fsp3) is 0.333. The van der Waals surface area contributed by atoms with E-state index in [1.807, 2.05) is 0 Å². The highest BCUT2D eigenvalue weighted by molar-refractivity contribution is 5.45. The van der Waals surface area contributed by atoms with Crippen LogP contribution in [0.5, 0.6) is 0 Å². The van der Waals surface area contributed by atoms with Gasteiger partial charge in [-0.25, -0.2) is 4.39 Å². The maximum Gasteiger partial charge on any atom is 0.405 e. The Morgan fingerprint density at radius 2 is 1.64 bits per heavy atom. The summed E-state index contributed by atoms with van der Waals surface area (Å²) in [5.74, 6) is -0.464. The first-order valence-electron chi connectivity index (χ1n) is 3.92. The summed E-state index contributed by atoms with van der Waals surface area (Å²) in [6, 6.07) is 4.87. The topological polar surface area (TPSA) is 3.24 Å². The van der Waals surface area contributed by atoms with Crippen molar-refractivity contribution in [2.45, 2.75) is 6.18 Å². The van der Waals surface area contributed by atoms with Gasteiger partial charge >= 0.3 is 6.18 Å². The van der Waals surface area contributed by atoms with Crippen LogP contribution in [0.1, 0.15) is 0 Å². The number of halogens is 4. The van der Waals surface area contributed by atoms with Crippen molar-refractivity contribution in [2.24, 2.45) is 0 Å². The van der Waals surface area contributed by atoms with E-state index in [2.05, 4.69) is 0 Å². The van der Waals surface area contributed by atoms with Gasteiger partial charge in [0.25, 0.3) is 0 Å². The van der Waals surface area contributed by atoms with Crippen LogP contribution in [-0.2, 0) is 0 Å². The lowest BCUT2D eigenvalue weighted by Crippen LogP contribution is -2.30. The van der Waals surface area contributed by atoms with Crippen LogP contribution < -0.4 is 4.90 Å². The van der Waals surface area contributed by atoms with Crippen LogP contribution in [0.15, 0.2) is 24.3 Å². The molecule has 0 atom stereocenters. The summed E-state index contributed by atoms with van der Waals surface area (Å²) in [5, 5.41) is 0. The Bertz CT molecular complexity index is 291. The molecule has 1 aromatic rings. The Morgan fingerprint density at radius 1 is 1.14 bits per heavy atom. The van der Waals surface area contributed by atoms with E-state index in [1.54, 1.807) is 0 Å². The average Bonchev–Trinajstić information content (AvgIpc) is 2.02. The van der Waals surface area contributed by atoms with Gasteiger partial charge in [-0.3, -0.25) is 0 Å². The number of alkyl halides is 3. The van der Waals surface area contributed by atoms with Crippen molar-refractivity contribution in [3.63, 3.8) is 0 Å². The zero-order chi connectivity index (χ0) is 10.8. The van der Waals surface area contributed by atoms with Crippen LogP contribution >= 0.6 is 0 Å². The maximum absolute atomic E-state index is 12.4. The first-order chi connectivity index (χ1) is 6.38. The highest BCUT2D eigenvalue weighted by atomic mass is 19.4. The summed E-state index contributed by atoms with van der Waals surface area (Å²) in [7, 11) is 1.31. The minimum Gasteiger partial charge on any atom is -0.366 e. The molecular weight excluding hydrogens is 198 g/mol. The summed E-state index contributed by atoms with van der Waals surface area (Å²) in [5.41, 5.74) is 0.337. The van der Waals surface area contributed by atoms with Crippen LogP contribution in [0.2, 0.25) is 0 Å². The third-order valence-corrected chi connectivity index (χ3v) is 1.68. The molecule has 1 aromatic carbocycles. The van der Waals surface area contributed by atoms with Gasteiger partial charge in [0.05, 0.1) is 0 Å². The molecule has 5 heteroatoms. The molecular formula is C9H9F4N. The Balaban J connectivity index is 2.70. The number of hydrogen-bond acceptors (Lipinski definition) is 1. The van der Waals surface area contributed by atoms with Crippen molar-refractivity contribution in [3.8, 4) is 0 Å². The third kappa shape index (κ3) is 3.24. The fourth-order valence-electron chi connectivity index (χ4n) is 1.06. The molecule has 0 bridgehead atoms. The normalized spacial score (nSPS) is 11.5. The Kier molecular flexibility index (Phi) is 2.98. The fourth-order valence-corrected chi connectivity index (χ4v) is 1.06. The highest BCUT2D eigenvalue weighted by Crippen LogP contribution is 2.20. The largest absolute Gasteiger partial charge is 0.405 e. The second-order valence-electron chi connectivity index (χ2n) is 2.95. The minimum absolute atomic E-state index is 0.337. The van der Waals surface area contributed by atoms with Crippen molar-refractivity contribution in [3.05, 3.63) is 30.1 Å². The SMILES string of the molecule is CN(CC(F)(F)F)c1ccc(F)cc1. The molecule has 1 nitrogen and oxygen atoms in total. The molecule has 0 radical (unpaired) electrons. The van der Waals surface area contributed by atoms with Gasteiger partial charge in [-0.05, 0) is 24.3 Å². The van der Waals surface area contributed by atoms with Crippen molar-refractivity contribution < 1.29 is 17.6 Å². The van der Waals surface area contributed by atoms with E-state index in [0.29, 0.717) is 5.69 Å². The second-order valence-corrected chi connectivity index (χ2v) is 2.95. The molecule has 0 saturated heterocycles. The number of anilines is 1. The zero-order valence-electron chi connectivity index (χ0n) is 7.48. The van der Waals surface area contributed by atoms with Crippen LogP contribution in [-0.4, -0.2) is 19.8 Å². The van der Waals surface area contributed by atoms with Crippen molar-refractivity contribution in [1.82, 2.24) is 0 Å². The van der Waals surface area contributed by atoms with E-state index in [1.165, 1.54) is 19.2 Å². The molecule has 78 valence electrons. The lowest BCUT2D eigenvalue weighted by Gasteiger charge is -2.20. The molecule has 14 heavy (non-hydrogen) atoms. The van der Waals surface area contributed by atoms with Gasteiger partial charge in [0, 0.05) is 12.7 Å². The second kappa shape index (κ2) is 3.86. The van der Waals surface area contributed by atoms with Gasteiger partial charge in [-0.15, -0.1) is 0 Å². The van der Waals surface area contributed by atoms with Crippen LogP contribution in [0.3, 0.4) is 0 Å². The van der Waals surface area contributed by atoms with Crippen molar-refractivity contribution in [2.75, 3.05) is 18.5 Å². The molecule has 0 spiro atoms. The minimum atomic E-state index is -4.25. The van der Waals surface area contributed by atoms with E-state index < -0.39 is 18.5 Å². The van der Waals surface area contributed by atoms with Gasteiger partial charge in [-0.2, -0.15) is 13.2 Å². The quantitative estimate of drug-likeness (QED) is 0.674. The molecule has 0 heterocycles. The van der Waals surface area contributed by atoms with E-state index in [9.17, 15) is 17.6 Å². The van der Waals surface area contributed by atoms with Crippen LogP contribution in [0.25, 0.3) is 0 Å². The van der Waals surface area contributed by atoms with E-state index >= 15 is 0 Å². The van der Waals surface area contributed by atoms with E-state index in [0.717, 1.165) is 17.0 Å². The average molecular weight is 207 g/mol. The Labute approximate surface area is 78.9 Å². The smallest absolute Gasteiger partial charge is 0.366 e. The van der Waals surface area contributed by atoms with Gasteiger partial charge in [0.1, 0.15) is 12.4 Å². The first-order valence-corrected chi connectivity index (χ1v) is 3.92. The molecule has 0 amide bonds. The molecule has 0 saturated carbocycles. The molecule has 0 aliphatic rings. The van der Waals surface area contributed by atoms with E-state index in [-0.39, 0.29) is 0 Å². The van der Waals surface area contributed by atoms with E-state index in [4.69, 9.17) is 0 Å². The highest BCUT2D eigenvalue weighted by Gasteiger charge is 2.29. The van der Waals surface area contributed by atoms with Crippen LogP contribution in [0, 0.1) is 5.82 Å². The maximum atomic E-state index is 12.4. The summed E-state index contributed by atoms with van der Waals surface area (Å²) in [4.78, 5) is 1.01. The summed E-state index contributed by atoms with van der Waals surface area (Å²) in [6.07, 6.45) is -4.25. The lowest BCUT2D eigenvalue weighted by molar-refractivity contribution is -0.119. The molecule has 0 fully saturated rings. The number of nitrogens with zero attached hydrogens (tertiary/aromatic N) is 1. The third-order valence-electron chi connectivity index (χ3n) is 1.68. The summed E-state index contributed by atoms with van der Waals surface area (Å²) in [6.45, 7) is -1.04. The predicted octanol–water partition coefficient (Wildman–Crippen LogP) is 2.82. The molecule has 0 unspecified atom stereocenters. The zero-order valence-corrected chi connectivity index (χ0v) is 7.48. The molecule has 1 rings (SSSR count).